The first kappa shape index (κ1) is 12.1. The highest BCUT2D eigenvalue weighted by atomic mass is 16.4. The Labute approximate surface area is 116 Å². The zero-order chi connectivity index (χ0) is 13.9. The van der Waals surface area contributed by atoms with E-state index in [-0.39, 0.29) is 16.7 Å². The van der Waals surface area contributed by atoms with Gasteiger partial charge in [-0.15, -0.1) is 0 Å². The fourth-order valence-electron chi connectivity index (χ4n) is 5.47. The summed E-state index contributed by atoms with van der Waals surface area (Å²) in [6.45, 7) is 0. The van der Waals surface area contributed by atoms with E-state index in [1.807, 2.05) is 0 Å². The number of hydrogen-bond donors (Lipinski definition) is 2. The molecule has 0 aromatic carbocycles. The third kappa shape index (κ3) is 1.58. The topological polar surface area (TPSA) is 83.0 Å². The Hall–Kier alpha value is -1.65. The van der Waals surface area contributed by atoms with Gasteiger partial charge in [-0.3, -0.25) is 4.79 Å². The van der Waals surface area contributed by atoms with Crippen LogP contribution in [0.1, 0.15) is 54.6 Å². The van der Waals surface area contributed by atoms with Gasteiger partial charge in [0.1, 0.15) is 0 Å². The summed E-state index contributed by atoms with van der Waals surface area (Å²) in [5, 5.41) is 9.38. The molecule has 0 amide bonds. The van der Waals surface area contributed by atoms with E-state index < -0.39 is 5.97 Å². The van der Waals surface area contributed by atoms with Crippen molar-refractivity contribution in [3.63, 3.8) is 0 Å². The highest BCUT2D eigenvalue weighted by Gasteiger charge is 2.53. The molecule has 4 aliphatic rings. The van der Waals surface area contributed by atoms with Crippen molar-refractivity contribution in [3.8, 4) is 0 Å². The van der Waals surface area contributed by atoms with Crippen LogP contribution in [0.3, 0.4) is 0 Å². The lowest BCUT2D eigenvalue weighted by Gasteiger charge is -2.56. The monoisotopic (exact) mass is 274 g/mol. The summed E-state index contributed by atoms with van der Waals surface area (Å²) in [6.07, 6.45) is 7.89. The van der Waals surface area contributed by atoms with Crippen LogP contribution in [0.4, 0.5) is 0 Å². The SMILES string of the molecule is O=C(O)c1nc[nH]c(=O)c1C12CC3CC(CC(C3)C1)C2. The van der Waals surface area contributed by atoms with Crippen LogP contribution in [0, 0.1) is 17.8 Å². The highest BCUT2D eigenvalue weighted by molar-refractivity contribution is 5.87. The number of carboxylic acid groups (broad SMARTS) is 1. The summed E-state index contributed by atoms with van der Waals surface area (Å²) >= 11 is 0. The molecule has 0 unspecified atom stereocenters. The average molecular weight is 274 g/mol. The summed E-state index contributed by atoms with van der Waals surface area (Å²) in [5.41, 5.74) is -0.0636. The van der Waals surface area contributed by atoms with Crippen molar-refractivity contribution in [1.82, 2.24) is 9.97 Å². The minimum atomic E-state index is -1.08. The number of aromatic carboxylic acids is 1. The summed E-state index contributed by atoms with van der Waals surface area (Å²) in [6, 6.07) is 0. The molecular weight excluding hydrogens is 256 g/mol. The summed E-state index contributed by atoms with van der Waals surface area (Å²) < 4.78 is 0. The summed E-state index contributed by atoms with van der Waals surface area (Å²) in [5.74, 6) is 0.925. The van der Waals surface area contributed by atoms with E-state index in [0.29, 0.717) is 23.3 Å². The van der Waals surface area contributed by atoms with Gasteiger partial charge in [-0.25, -0.2) is 9.78 Å². The molecule has 5 rings (SSSR count). The van der Waals surface area contributed by atoms with Gasteiger partial charge in [-0.1, -0.05) is 0 Å². The number of rotatable bonds is 2. The number of carboxylic acids is 1. The van der Waals surface area contributed by atoms with Gasteiger partial charge >= 0.3 is 5.97 Å². The second-order valence-electron chi connectivity index (χ2n) is 6.96. The van der Waals surface area contributed by atoms with Gasteiger partial charge in [0.05, 0.1) is 11.9 Å². The number of hydrogen-bond acceptors (Lipinski definition) is 3. The van der Waals surface area contributed by atoms with E-state index in [4.69, 9.17) is 0 Å². The molecule has 0 spiro atoms. The minimum absolute atomic E-state index is 0.0318. The largest absolute Gasteiger partial charge is 0.476 e. The van der Waals surface area contributed by atoms with E-state index in [0.717, 1.165) is 19.3 Å². The number of aromatic nitrogens is 2. The normalized spacial score (nSPS) is 38.1. The van der Waals surface area contributed by atoms with Gasteiger partial charge < -0.3 is 10.1 Å². The van der Waals surface area contributed by atoms with Crippen molar-refractivity contribution in [1.29, 1.82) is 0 Å². The van der Waals surface area contributed by atoms with Gasteiger partial charge in [-0.05, 0) is 56.3 Å². The summed E-state index contributed by atoms with van der Waals surface area (Å²) in [4.78, 5) is 30.3. The first-order valence-electron chi connectivity index (χ1n) is 7.39. The van der Waals surface area contributed by atoms with Crippen LogP contribution in [0.25, 0.3) is 0 Å². The molecule has 5 nitrogen and oxygen atoms in total. The zero-order valence-corrected chi connectivity index (χ0v) is 11.3. The second-order valence-corrected chi connectivity index (χ2v) is 6.96. The van der Waals surface area contributed by atoms with E-state index >= 15 is 0 Å². The lowest BCUT2D eigenvalue weighted by Crippen LogP contribution is -2.51. The molecule has 5 heteroatoms. The molecule has 4 bridgehead atoms. The zero-order valence-electron chi connectivity index (χ0n) is 11.3. The molecule has 0 saturated heterocycles. The van der Waals surface area contributed by atoms with Gasteiger partial charge in [0.15, 0.2) is 5.69 Å². The third-order valence-electron chi connectivity index (χ3n) is 5.62. The standard InChI is InChI=1S/C15H18N2O3/c18-13-11(12(14(19)20)16-7-17-13)15-4-8-1-9(5-15)3-10(2-8)6-15/h7-10H,1-6H2,(H,19,20)(H,16,17,18). The molecule has 106 valence electrons. The molecule has 20 heavy (non-hydrogen) atoms. The molecule has 4 aliphatic carbocycles. The lowest BCUT2D eigenvalue weighted by atomic mass is 9.48. The Bertz CT molecular complexity index is 599. The Balaban J connectivity index is 1.89. The number of carbonyl (C=O) groups is 1. The van der Waals surface area contributed by atoms with Crippen molar-refractivity contribution >= 4 is 5.97 Å². The predicted octanol–water partition coefficient (Wildman–Crippen LogP) is 1.94. The Kier molecular flexibility index (Phi) is 2.38. The number of nitrogens with one attached hydrogen (secondary N) is 1. The van der Waals surface area contributed by atoms with E-state index in [2.05, 4.69) is 9.97 Å². The molecule has 0 radical (unpaired) electrons. The Morgan fingerprint density at radius 1 is 1.20 bits per heavy atom. The maximum atomic E-state index is 12.3. The second kappa shape index (κ2) is 3.93. The number of nitrogens with zero attached hydrogens (tertiary/aromatic N) is 1. The number of aromatic amines is 1. The molecule has 2 N–H and O–H groups in total. The van der Waals surface area contributed by atoms with Crippen LogP contribution >= 0.6 is 0 Å². The minimum Gasteiger partial charge on any atom is -0.476 e. The molecule has 1 aromatic rings. The fourth-order valence-corrected chi connectivity index (χ4v) is 5.47. The van der Waals surface area contributed by atoms with Crippen LogP contribution in [0.15, 0.2) is 11.1 Å². The highest BCUT2D eigenvalue weighted by Crippen LogP contribution is 2.60. The van der Waals surface area contributed by atoms with Gasteiger partial charge in [0, 0.05) is 5.41 Å². The molecule has 4 saturated carbocycles. The van der Waals surface area contributed by atoms with E-state index in [9.17, 15) is 14.7 Å². The van der Waals surface area contributed by atoms with Crippen LogP contribution in [-0.4, -0.2) is 21.0 Å². The smallest absolute Gasteiger partial charge is 0.355 e. The summed E-state index contributed by atoms with van der Waals surface area (Å²) in [7, 11) is 0. The molecule has 1 aromatic heterocycles. The van der Waals surface area contributed by atoms with Crippen LogP contribution in [0.2, 0.25) is 0 Å². The van der Waals surface area contributed by atoms with Crippen molar-refractivity contribution < 1.29 is 9.90 Å². The maximum Gasteiger partial charge on any atom is 0.355 e. The molecule has 0 aliphatic heterocycles. The molecular formula is C15H18N2O3. The first-order chi connectivity index (χ1) is 9.57. The molecule has 1 heterocycles. The average Bonchev–Trinajstić information content (AvgIpc) is 2.36. The van der Waals surface area contributed by atoms with Crippen molar-refractivity contribution in [2.75, 3.05) is 0 Å². The molecule has 4 fully saturated rings. The first-order valence-corrected chi connectivity index (χ1v) is 7.39. The van der Waals surface area contributed by atoms with Crippen molar-refractivity contribution in [2.45, 2.75) is 43.9 Å². The van der Waals surface area contributed by atoms with Gasteiger partial charge in [0.25, 0.3) is 5.56 Å². The van der Waals surface area contributed by atoms with Crippen LogP contribution in [0.5, 0.6) is 0 Å². The van der Waals surface area contributed by atoms with E-state index in [1.165, 1.54) is 25.6 Å². The van der Waals surface area contributed by atoms with Crippen molar-refractivity contribution in [2.24, 2.45) is 17.8 Å². The number of H-pyrrole nitrogens is 1. The van der Waals surface area contributed by atoms with Crippen molar-refractivity contribution in [3.05, 3.63) is 27.9 Å². The lowest BCUT2D eigenvalue weighted by molar-refractivity contribution is -0.00672. The van der Waals surface area contributed by atoms with E-state index in [1.54, 1.807) is 0 Å². The van der Waals surface area contributed by atoms with Crippen LogP contribution in [-0.2, 0) is 5.41 Å². The Morgan fingerprint density at radius 2 is 1.75 bits per heavy atom. The van der Waals surface area contributed by atoms with Gasteiger partial charge in [-0.2, -0.15) is 0 Å². The van der Waals surface area contributed by atoms with Gasteiger partial charge in [0.2, 0.25) is 0 Å². The third-order valence-corrected chi connectivity index (χ3v) is 5.62. The Morgan fingerprint density at radius 3 is 2.25 bits per heavy atom. The van der Waals surface area contributed by atoms with Crippen LogP contribution < -0.4 is 5.56 Å². The predicted molar refractivity (Wildman–Crippen MR) is 71.7 cm³/mol. The quantitative estimate of drug-likeness (QED) is 0.863. The fraction of sp³-hybridized carbons (Fsp3) is 0.667. The molecule has 0 atom stereocenters. The maximum absolute atomic E-state index is 12.3.